The zero-order chi connectivity index (χ0) is 14.3. The molecule has 20 heavy (non-hydrogen) atoms. The van der Waals surface area contributed by atoms with Crippen LogP contribution in [0.1, 0.15) is 5.56 Å². The maximum Gasteiger partial charge on any atom is 0.224 e. The van der Waals surface area contributed by atoms with Gasteiger partial charge < -0.3 is 4.90 Å². The van der Waals surface area contributed by atoms with Gasteiger partial charge in [-0.05, 0) is 42.3 Å². The Kier molecular flexibility index (Phi) is 3.02. The van der Waals surface area contributed by atoms with Crippen molar-refractivity contribution in [1.82, 2.24) is 20.2 Å². The summed E-state index contributed by atoms with van der Waals surface area (Å²) in [5, 5.41) is 8.01. The van der Waals surface area contributed by atoms with Gasteiger partial charge in [0.2, 0.25) is 5.28 Å². The van der Waals surface area contributed by atoms with E-state index in [1.807, 2.05) is 7.05 Å². The highest BCUT2D eigenvalue weighted by Gasteiger charge is 2.15. The van der Waals surface area contributed by atoms with Gasteiger partial charge in [0.25, 0.3) is 0 Å². The van der Waals surface area contributed by atoms with Gasteiger partial charge in [0, 0.05) is 18.6 Å². The van der Waals surface area contributed by atoms with Crippen LogP contribution >= 0.6 is 11.6 Å². The van der Waals surface area contributed by atoms with Crippen LogP contribution in [0.2, 0.25) is 5.28 Å². The second-order valence-electron chi connectivity index (χ2n) is 4.44. The predicted octanol–water partition coefficient (Wildman–Crippen LogP) is 3.22. The number of anilines is 2. The Hall–Kier alpha value is -2.21. The molecule has 0 amide bonds. The van der Waals surface area contributed by atoms with Crippen LogP contribution in [-0.2, 0) is 0 Å². The smallest absolute Gasteiger partial charge is 0.224 e. The highest BCUT2D eigenvalue weighted by molar-refractivity contribution is 6.28. The third-order valence-corrected chi connectivity index (χ3v) is 3.28. The molecule has 0 fully saturated rings. The molecule has 5 nitrogen and oxygen atoms in total. The van der Waals surface area contributed by atoms with Gasteiger partial charge in [0.1, 0.15) is 11.6 Å². The van der Waals surface area contributed by atoms with E-state index in [0.717, 1.165) is 5.39 Å². The van der Waals surface area contributed by atoms with E-state index in [0.29, 0.717) is 22.7 Å². The van der Waals surface area contributed by atoms with E-state index in [4.69, 9.17) is 11.6 Å². The molecule has 2 heterocycles. The number of rotatable bonds is 2. The summed E-state index contributed by atoms with van der Waals surface area (Å²) >= 11 is 5.79. The van der Waals surface area contributed by atoms with Gasteiger partial charge in [-0.15, -0.1) is 0 Å². The summed E-state index contributed by atoms with van der Waals surface area (Å²) in [6, 6.07) is 4.91. The number of nitrogens with zero attached hydrogens (tertiary/aromatic N) is 4. The Balaban J connectivity index is 2.12. The number of H-pyrrole nitrogens is 1. The average molecular weight is 292 g/mol. The van der Waals surface area contributed by atoms with Crippen LogP contribution in [0, 0.1) is 12.7 Å². The molecule has 0 radical (unpaired) electrons. The molecule has 102 valence electrons. The lowest BCUT2D eigenvalue weighted by Gasteiger charge is -2.15. The van der Waals surface area contributed by atoms with Crippen molar-refractivity contribution in [1.29, 1.82) is 0 Å². The summed E-state index contributed by atoms with van der Waals surface area (Å²) in [5.74, 6) is 0.999. The van der Waals surface area contributed by atoms with Crippen molar-refractivity contribution < 1.29 is 4.39 Å². The zero-order valence-corrected chi connectivity index (χ0v) is 11.6. The van der Waals surface area contributed by atoms with Crippen LogP contribution in [0.3, 0.4) is 0 Å². The summed E-state index contributed by atoms with van der Waals surface area (Å²) in [5.41, 5.74) is 1.20. The standard InChI is InChI=1S/C13H11ClFN5/c1-7-5-8-10(6-9(7)15)18-19-12(8)20(2)11-3-4-16-13(14)17-11/h3-6H,1-2H3,(H,18,19). The fraction of sp³-hybridized carbons (Fsp3) is 0.154. The van der Waals surface area contributed by atoms with Crippen molar-refractivity contribution >= 4 is 34.1 Å². The molecule has 0 spiro atoms. The molecule has 0 atom stereocenters. The summed E-state index contributed by atoms with van der Waals surface area (Å²) in [4.78, 5) is 9.74. The first-order valence-electron chi connectivity index (χ1n) is 5.93. The number of aromatic nitrogens is 4. The van der Waals surface area contributed by atoms with Gasteiger partial charge >= 0.3 is 0 Å². The SMILES string of the molecule is Cc1cc2c(N(C)c3ccnc(Cl)n3)n[nH]c2cc1F. The van der Waals surface area contributed by atoms with Crippen LogP contribution in [0.15, 0.2) is 24.4 Å². The van der Waals surface area contributed by atoms with E-state index < -0.39 is 0 Å². The fourth-order valence-electron chi connectivity index (χ4n) is 2.01. The van der Waals surface area contributed by atoms with Crippen LogP contribution in [0.4, 0.5) is 16.0 Å². The summed E-state index contributed by atoms with van der Waals surface area (Å²) in [7, 11) is 1.81. The Morgan fingerprint density at radius 3 is 2.90 bits per heavy atom. The fourth-order valence-corrected chi connectivity index (χ4v) is 2.15. The molecule has 0 unspecified atom stereocenters. The summed E-state index contributed by atoms with van der Waals surface area (Å²) in [6.07, 6.45) is 1.57. The maximum absolute atomic E-state index is 13.5. The van der Waals surface area contributed by atoms with Crippen LogP contribution in [0.5, 0.6) is 0 Å². The number of hydrogen-bond donors (Lipinski definition) is 1. The minimum atomic E-state index is -0.263. The lowest BCUT2D eigenvalue weighted by molar-refractivity contribution is 0.620. The molecule has 0 saturated carbocycles. The van der Waals surface area contributed by atoms with Gasteiger partial charge in [-0.1, -0.05) is 0 Å². The average Bonchev–Trinajstić information content (AvgIpc) is 2.81. The van der Waals surface area contributed by atoms with E-state index in [2.05, 4.69) is 20.2 Å². The minimum Gasteiger partial charge on any atom is -0.312 e. The second-order valence-corrected chi connectivity index (χ2v) is 4.78. The van der Waals surface area contributed by atoms with Gasteiger partial charge in [-0.2, -0.15) is 5.10 Å². The monoisotopic (exact) mass is 291 g/mol. The number of aromatic amines is 1. The number of fused-ring (bicyclic) bond motifs is 1. The predicted molar refractivity (Wildman–Crippen MR) is 75.9 cm³/mol. The molecule has 0 aliphatic carbocycles. The number of benzene rings is 1. The maximum atomic E-state index is 13.5. The van der Waals surface area contributed by atoms with E-state index in [1.54, 1.807) is 30.2 Å². The summed E-state index contributed by atoms with van der Waals surface area (Å²) in [6.45, 7) is 1.72. The van der Waals surface area contributed by atoms with Gasteiger partial charge in [-0.3, -0.25) is 5.10 Å². The van der Waals surface area contributed by atoms with Gasteiger partial charge in [0.15, 0.2) is 5.82 Å². The molecule has 3 rings (SSSR count). The number of nitrogens with one attached hydrogen (secondary N) is 1. The van der Waals surface area contributed by atoms with Crippen molar-refractivity contribution in [3.63, 3.8) is 0 Å². The Morgan fingerprint density at radius 1 is 1.35 bits per heavy atom. The first-order chi connectivity index (χ1) is 9.56. The largest absolute Gasteiger partial charge is 0.312 e. The first-order valence-corrected chi connectivity index (χ1v) is 6.30. The highest BCUT2D eigenvalue weighted by Crippen LogP contribution is 2.29. The molecule has 0 saturated heterocycles. The van der Waals surface area contributed by atoms with Crippen molar-refractivity contribution in [3.05, 3.63) is 41.1 Å². The van der Waals surface area contributed by atoms with E-state index in [-0.39, 0.29) is 11.1 Å². The van der Waals surface area contributed by atoms with Crippen LogP contribution in [-0.4, -0.2) is 27.2 Å². The topological polar surface area (TPSA) is 57.7 Å². The molecule has 2 aromatic heterocycles. The lowest BCUT2D eigenvalue weighted by Crippen LogP contribution is -2.12. The third-order valence-electron chi connectivity index (χ3n) is 3.09. The molecular formula is C13H11ClFN5. The molecule has 1 N–H and O–H groups in total. The minimum absolute atomic E-state index is 0.163. The molecule has 7 heteroatoms. The quantitative estimate of drug-likeness (QED) is 0.737. The molecule has 0 aliphatic rings. The molecule has 1 aromatic carbocycles. The highest BCUT2D eigenvalue weighted by atomic mass is 35.5. The van der Waals surface area contributed by atoms with Crippen LogP contribution < -0.4 is 4.90 Å². The van der Waals surface area contributed by atoms with Crippen molar-refractivity contribution in [2.75, 3.05) is 11.9 Å². The zero-order valence-electron chi connectivity index (χ0n) is 10.9. The van der Waals surface area contributed by atoms with Crippen molar-refractivity contribution in [2.24, 2.45) is 0 Å². The number of halogens is 2. The number of aryl methyl sites for hydroxylation is 1. The molecule has 0 bridgehead atoms. The normalized spacial score (nSPS) is 11.0. The molecule has 0 aliphatic heterocycles. The Bertz CT molecular complexity index is 786. The third kappa shape index (κ3) is 2.08. The molecule has 3 aromatic rings. The Morgan fingerprint density at radius 2 is 2.15 bits per heavy atom. The van der Waals surface area contributed by atoms with Crippen molar-refractivity contribution in [3.8, 4) is 0 Å². The Labute approximate surface area is 119 Å². The van der Waals surface area contributed by atoms with E-state index in [1.165, 1.54) is 6.07 Å². The number of hydrogen-bond acceptors (Lipinski definition) is 4. The van der Waals surface area contributed by atoms with Gasteiger partial charge in [-0.25, -0.2) is 14.4 Å². The molecular weight excluding hydrogens is 281 g/mol. The summed E-state index contributed by atoms with van der Waals surface area (Å²) < 4.78 is 13.5. The van der Waals surface area contributed by atoms with Crippen molar-refractivity contribution in [2.45, 2.75) is 6.92 Å². The van der Waals surface area contributed by atoms with E-state index >= 15 is 0 Å². The lowest BCUT2D eigenvalue weighted by atomic mass is 10.1. The van der Waals surface area contributed by atoms with Gasteiger partial charge in [0.05, 0.1) is 5.52 Å². The van der Waals surface area contributed by atoms with E-state index in [9.17, 15) is 4.39 Å². The first kappa shape index (κ1) is 12.8. The van der Waals surface area contributed by atoms with Crippen LogP contribution in [0.25, 0.3) is 10.9 Å². The second kappa shape index (κ2) is 4.72.